The van der Waals surface area contributed by atoms with Crippen molar-refractivity contribution in [3.8, 4) is 11.5 Å². The Bertz CT molecular complexity index is 1190. The third-order valence-electron chi connectivity index (χ3n) is 5.53. The summed E-state index contributed by atoms with van der Waals surface area (Å²) in [4.78, 5) is 34.6. The predicted octanol–water partition coefficient (Wildman–Crippen LogP) is 3.91. The van der Waals surface area contributed by atoms with Gasteiger partial charge >= 0.3 is 0 Å². The molecule has 0 fully saturated rings. The van der Waals surface area contributed by atoms with Gasteiger partial charge in [0.25, 0.3) is 11.8 Å². The van der Waals surface area contributed by atoms with Gasteiger partial charge in [0.2, 0.25) is 0 Å². The number of aromatic nitrogens is 1. The van der Waals surface area contributed by atoms with Gasteiger partial charge in [0.1, 0.15) is 5.70 Å². The monoisotopic (exact) mass is 443 g/mol. The molecule has 0 saturated carbocycles. The second-order valence-electron chi connectivity index (χ2n) is 7.43. The van der Waals surface area contributed by atoms with Gasteiger partial charge in [-0.1, -0.05) is 30.3 Å². The number of rotatable bonds is 8. The third kappa shape index (κ3) is 4.17. The van der Waals surface area contributed by atoms with Crippen molar-refractivity contribution in [3.05, 3.63) is 89.9 Å². The minimum Gasteiger partial charge on any atom is -0.493 e. The molecule has 7 heteroatoms. The van der Waals surface area contributed by atoms with Crippen molar-refractivity contribution in [2.24, 2.45) is 0 Å². The lowest BCUT2D eigenvalue weighted by Gasteiger charge is -2.25. The fourth-order valence-electron chi connectivity index (χ4n) is 3.96. The number of hydrogen-bond donors (Lipinski definition) is 0. The Morgan fingerprint density at radius 1 is 0.909 bits per heavy atom. The van der Waals surface area contributed by atoms with Gasteiger partial charge in [-0.2, -0.15) is 0 Å². The summed E-state index contributed by atoms with van der Waals surface area (Å²) in [6.45, 7) is 2.60. The first kappa shape index (κ1) is 22.1. The van der Waals surface area contributed by atoms with E-state index in [9.17, 15) is 9.59 Å². The molecule has 3 aromatic rings. The summed E-state index contributed by atoms with van der Waals surface area (Å²) in [5.74, 6) is 0.318. The van der Waals surface area contributed by atoms with Gasteiger partial charge in [0, 0.05) is 24.6 Å². The van der Waals surface area contributed by atoms with Crippen LogP contribution in [0, 0.1) is 0 Å². The van der Waals surface area contributed by atoms with Crippen molar-refractivity contribution in [3.63, 3.8) is 0 Å². The van der Waals surface area contributed by atoms with Gasteiger partial charge in [0.15, 0.2) is 11.5 Å². The maximum Gasteiger partial charge on any atom is 0.278 e. The summed E-state index contributed by atoms with van der Waals surface area (Å²) >= 11 is 0. The number of amides is 2. The zero-order chi connectivity index (χ0) is 23.4. The van der Waals surface area contributed by atoms with Crippen molar-refractivity contribution in [1.82, 2.24) is 9.88 Å². The largest absolute Gasteiger partial charge is 0.493 e. The number of likely N-dealkylation sites (N-methyl/N-ethyl adjacent to an activating group) is 1. The summed E-state index contributed by atoms with van der Waals surface area (Å²) in [6.07, 6.45) is 3.31. The summed E-state index contributed by atoms with van der Waals surface area (Å²) in [5.41, 5.74) is 2.86. The molecule has 4 rings (SSSR count). The van der Waals surface area contributed by atoms with E-state index in [-0.39, 0.29) is 18.4 Å². The molecule has 1 aliphatic rings. The first-order valence-corrected chi connectivity index (χ1v) is 10.6. The Hall–Kier alpha value is -4.13. The fourth-order valence-corrected chi connectivity index (χ4v) is 3.96. The average molecular weight is 444 g/mol. The van der Waals surface area contributed by atoms with Crippen LogP contribution in [0.25, 0.3) is 5.57 Å². The number of pyridine rings is 1. The topological polar surface area (TPSA) is 72.0 Å². The van der Waals surface area contributed by atoms with Crippen LogP contribution in [-0.4, -0.2) is 42.5 Å². The number of ether oxygens (including phenoxy) is 2. The number of hydrogen-bond acceptors (Lipinski definition) is 6. The van der Waals surface area contributed by atoms with Crippen molar-refractivity contribution >= 4 is 23.1 Å². The van der Waals surface area contributed by atoms with Crippen molar-refractivity contribution in [1.29, 1.82) is 0 Å². The molecule has 0 bridgehead atoms. The second kappa shape index (κ2) is 9.56. The minimum absolute atomic E-state index is 0.137. The number of para-hydroxylation sites is 1. The molecule has 0 radical (unpaired) electrons. The smallest absolute Gasteiger partial charge is 0.278 e. The van der Waals surface area contributed by atoms with Crippen LogP contribution in [0.4, 0.5) is 5.69 Å². The van der Waals surface area contributed by atoms with E-state index >= 15 is 0 Å². The number of imide groups is 1. The molecule has 1 aliphatic heterocycles. The van der Waals surface area contributed by atoms with Crippen LogP contribution in [0.3, 0.4) is 0 Å². The lowest BCUT2D eigenvalue weighted by atomic mass is 10.0. The quantitative estimate of drug-likeness (QED) is 0.492. The molecule has 0 spiro atoms. The number of carbonyl (C=O) groups excluding carboxylic acids is 2. The molecule has 2 aromatic carbocycles. The molecule has 0 N–H and O–H groups in total. The maximum atomic E-state index is 13.7. The summed E-state index contributed by atoms with van der Waals surface area (Å²) in [5, 5.41) is 0. The molecule has 2 amide bonds. The normalized spacial score (nSPS) is 13.5. The van der Waals surface area contributed by atoms with Crippen LogP contribution in [0.15, 0.2) is 78.8 Å². The summed E-state index contributed by atoms with van der Waals surface area (Å²) in [6, 6.07) is 18.4. The molecule has 7 nitrogen and oxygen atoms in total. The van der Waals surface area contributed by atoms with Gasteiger partial charge in [-0.15, -0.1) is 0 Å². The zero-order valence-corrected chi connectivity index (χ0v) is 18.8. The number of methoxy groups -OCH3 is 2. The molecule has 0 aliphatic carbocycles. The molecule has 0 saturated heterocycles. The zero-order valence-electron chi connectivity index (χ0n) is 18.8. The van der Waals surface area contributed by atoms with E-state index in [4.69, 9.17) is 9.47 Å². The van der Waals surface area contributed by atoms with Crippen LogP contribution < -0.4 is 14.4 Å². The highest BCUT2D eigenvalue weighted by Crippen LogP contribution is 2.38. The van der Waals surface area contributed by atoms with E-state index in [1.54, 1.807) is 43.8 Å². The summed E-state index contributed by atoms with van der Waals surface area (Å²) in [7, 11) is 3.09. The van der Waals surface area contributed by atoms with Crippen molar-refractivity contribution in [2.45, 2.75) is 13.5 Å². The Labute approximate surface area is 192 Å². The molecular weight excluding hydrogens is 418 g/mol. The van der Waals surface area contributed by atoms with Crippen LogP contribution in [-0.2, 0) is 16.1 Å². The van der Waals surface area contributed by atoms with Gasteiger partial charge in [0.05, 0.1) is 26.3 Å². The molecule has 0 atom stereocenters. The second-order valence-corrected chi connectivity index (χ2v) is 7.43. The predicted molar refractivity (Wildman–Crippen MR) is 126 cm³/mol. The number of anilines is 1. The van der Waals surface area contributed by atoms with Crippen LogP contribution in [0.2, 0.25) is 0 Å². The highest BCUT2D eigenvalue weighted by Gasteiger charge is 2.42. The van der Waals surface area contributed by atoms with Crippen LogP contribution in [0.5, 0.6) is 11.5 Å². The third-order valence-corrected chi connectivity index (χ3v) is 5.53. The van der Waals surface area contributed by atoms with E-state index in [1.165, 1.54) is 12.0 Å². The molecule has 168 valence electrons. The molecule has 33 heavy (non-hydrogen) atoms. The molecule has 1 aromatic heterocycles. The lowest BCUT2D eigenvalue weighted by molar-refractivity contribution is -0.137. The van der Waals surface area contributed by atoms with E-state index in [0.717, 1.165) is 11.3 Å². The van der Waals surface area contributed by atoms with E-state index in [1.807, 2.05) is 48.2 Å². The van der Waals surface area contributed by atoms with E-state index < -0.39 is 0 Å². The number of carbonyl (C=O) groups is 2. The first-order chi connectivity index (χ1) is 16.1. The van der Waals surface area contributed by atoms with Gasteiger partial charge < -0.3 is 14.4 Å². The average Bonchev–Trinajstić information content (AvgIpc) is 3.10. The summed E-state index contributed by atoms with van der Waals surface area (Å²) < 4.78 is 10.8. The van der Waals surface area contributed by atoms with Crippen molar-refractivity contribution in [2.75, 3.05) is 25.7 Å². The van der Waals surface area contributed by atoms with Gasteiger partial charge in [-0.25, -0.2) is 0 Å². The Morgan fingerprint density at radius 2 is 1.67 bits per heavy atom. The van der Waals surface area contributed by atoms with Crippen LogP contribution in [0.1, 0.15) is 18.1 Å². The Morgan fingerprint density at radius 3 is 2.30 bits per heavy atom. The SMILES string of the molecule is CCN(C1=C(c2ccc(OC)c(OC)c2)C(=O)N(Cc2cccnc2)C1=O)c1ccccc1. The van der Waals surface area contributed by atoms with Gasteiger partial charge in [-0.3, -0.25) is 19.5 Å². The van der Waals surface area contributed by atoms with Crippen molar-refractivity contribution < 1.29 is 19.1 Å². The Balaban J connectivity index is 1.86. The van der Waals surface area contributed by atoms with Gasteiger partial charge in [-0.05, 0) is 48.4 Å². The lowest BCUT2D eigenvalue weighted by Crippen LogP contribution is -2.34. The fraction of sp³-hybridized carbons (Fsp3) is 0.192. The first-order valence-electron chi connectivity index (χ1n) is 10.6. The highest BCUT2D eigenvalue weighted by molar-refractivity contribution is 6.36. The minimum atomic E-state index is -0.361. The number of benzene rings is 2. The number of nitrogens with zero attached hydrogens (tertiary/aromatic N) is 3. The molecule has 2 heterocycles. The van der Waals surface area contributed by atoms with Crippen LogP contribution >= 0.6 is 0 Å². The van der Waals surface area contributed by atoms with E-state index in [2.05, 4.69) is 4.98 Å². The molecular formula is C26H25N3O4. The maximum absolute atomic E-state index is 13.7. The highest BCUT2D eigenvalue weighted by atomic mass is 16.5. The van der Waals surface area contributed by atoms with E-state index in [0.29, 0.717) is 34.9 Å². The standard InChI is InChI=1S/C26H25N3O4/c1-4-28(20-10-6-5-7-11-20)24-23(19-12-13-21(32-2)22(15-19)33-3)25(30)29(26(24)31)17-18-9-8-14-27-16-18/h5-16H,4,17H2,1-3H3. The Kier molecular flexibility index (Phi) is 6.40. The molecule has 0 unspecified atom stereocenters.